The first-order valence-corrected chi connectivity index (χ1v) is 13.2. The molecule has 4 heteroatoms. The van der Waals surface area contributed by atoms with E-state index in [2.05, 4.69) is 48.5 Å². The van der Waals surface area contributed by atoms with Crippen LogP contribution in [0.3, 0.4) is 0 Å². The van der Waals surface area contributed by atoms with Crippen LogP contribution in [0.4, 0.5) is 22.7 Å². The molecule has 0 bridgehead atoms. The van der Waals surface area contributed by atoms with Crippen LogP contribution in [-0.4, -0.2) is 0 Å². The number of hydrogen-bond donors (Lipinski definition) is 4. The topological polar surface area (TPSA) is 104 Å². The second kappa shape index (κ2) is 10.4. The zero-order valence-electron chi connectivity index (χ0n) is 22.0. The first-order chi connectivity index (χ1) is 19.5. The molecule has 6 aromatic rings. The number of nitrogen functional groups attached to an aromatic ring is 4. The number of benzene rings is 6. The minimum atomic E-state index is 0.661. The summed E-state index contributed by atoms with van der Waals surface area (Å²) < 4.78 is 0. The molecule has 0 saturated carbocycles. The lowest BCUT2D eigenvalue weighted by Crippen LogP contribution is -1.97. The predicted octanol–water partition coefficient (Wildman–Crippen LogP) is 8.35. The van der Waals surface area contributed by atoms with Crippen LogP contribution >= 0.6 is 0 Å². The number of rotatable bonds is 5. The Labute approximate surface area is 234 Å². The van der Waals surface area contributed by atoms with E-state index in [1.165, 1.54) is 0 Å². The molecular weight excluding hydrogens is 488 g/mol. The summed E-state index contributed by atoms with van der Waals surface area (Å²) in [6.45, 7) is 0. The van der Waals surface area contributed by atoms with E-state index in [0.29, 0.717) is 11.4 Å². The fourth-order valence-electron chi connectivity index (χ4n) is 5.15. The summed E-state index contributed by atoms with van der Waals surface area (Å²) in [4.78, 5) is 0. The number of nitrogens with two attached hydrogens (primary N) is 4. The lowest BCUT2D eigenvalue weighted by Gasteiger charge is -2.15. The van der Waals surface area contributed by atoms with Gasteiger partial charge in [0.05, 0.1) is 0 Å². The molecule has 0 spiro atoms. The molecule has 0 atom stereocenters. The third-order valence-electron chi connectivity index (χ3n) is 7.34. The quantitative estimate of drug-likeness (QED) is 0.172. The zero-order valence-corrected chi connectivity index (χ0v) is 22.0. The highest BCUT2D eigenvalue weighted by Gasteiger charge is 2.13. The lowest BCUT2D eigenvalue weighted by atomic mass is 9.92. The minimum Gasteiger partial charge on any atom is -0.398 e. The van der Waals surface area contributed by atoms with E-state index in [1.807, 2.05) is 84.9 Å². The molecule has 0 heterocycles. The molecular formula is C36H30N4. The summed E-state index contributed by atoms with van der Waals surface area (Å²) in [5.74, 6) is 0. The summed E-state index contributed by atoms with van der Waals surface area (Å²) >= 11 is 0. The van der Waals surface area contributed by atoms with Crippen LogP contribution in [0.25, 0.3) is 55.6 Å². The molecule has 6 aromatic carbocycles. The van der Waals surface area contributed by atoms with Gasteiger partial charge < -0.3 is 22.9 Å². The van der Waals surface area contributed by atoms with Crippen molar-refractivity contribution in [1.82, 2.24) is 0 Å². The summed E-state index contributed by atoms with van der Waals surface area (Å²) in [7, 11) is 0. The lowest BCUT2D eigenvalue weighted by molar-refractivity contribution is 1.55. The van der Waals surface area contributed by atoms with E-state index < -0.39 is 0 Å². The molecule has 8 N–H and O–H groups in total. The molecule has 0 unspecified atom stereocenters. The normalized spacial score (nSPS) is 10.9. The van der Waals surface area contributed by atoms with Crippen LogP contribution in [-0.2, 0) is 0 Å². The van der Waals surface area contributed by atoms with Gasteiger partial charge in [0.1, 0.15) is 0 Å². The molecule has 0 saturated heterocycles. The maximum Gasteiger partial charge on any atom is 0.0394 e. The minimum absolute atomic E-state index is 0.661. The highest BCUT2D eigenvalue weighted by atomic mass is 14.6. The van der Waals surface area contributed by atoms with Crippen LogP contribution in [0.2, 0.25) is 0 Å². The van der Waals surface area contributed by atoms with E-state index >= 15 is 0 Å². The molecule has 4 nitrogen and oxygen atoms in total. The molecule has 0 amide bonds. The van der Waals surface area contributed by atoms with Gasteiger partial charge >= 0.3 is 0 Å². The maximum atomic E-state index is 6.53. The second-order valence-electron chi connectivity index (χ2n) is 9.94. The Morgan fingerprint density at radius 3 is 0.850 bits per heavy atom. The van der Waals surface area contributed by atoms with Crippen molar-refractivity contribution in [3.05, 3.63) is 133 Å². The Bertz CT molecular complexity index is 1690. The van der Waals surface area contributed by atoms with Gasteiger partial charge in [0.15, 0.2) is 0 Å². The molecule has 194 valence electrons. The van der Waals surface area contributed by atoms with E-state index in [4.69, 9.17) is 22.9 Å². The number of hydrogen-bond acceptors (Lipinski definition) is 4. The smallest absolute Gasteiger partial charge is 0.0394 e. The molecule has 0 aliphatic rings. The van der Waals surface area contributed by atoms with Gasteiger partial charge in [0.25, 0.3) is 0 Å². The maximum absolute atomic E-state index is 6.53. The zero-order chi connectivity index (χ0) is 27.6. The van der Waals surface area contributed by atoms with Gasteiger partial charge in [-0.3, -0.25) is 0 Å². The Kier molecular flexibility index (Phi) is 6.43. The first kappa shape index (κ1) is 24.8. The Balaban J connectivity index is 1.42. The second-order valence-corrected chi connectivity index (χ2v) is 9.94. The number of anilines is 4. The van der Waals surface area contributed by atoms with E-state index in [0.717, 1.165) is 67.0 Å². The summed E-state index contributed by atoms with van der Waals surface area (Å²) in [6.07, 6.45) is 0. The average molecular weight is 519 g/mol. The third kappa shape index (κ3) is 4.74. The Morgan fingerprint density at radius 2 is 0.525 bits per heavy atom. The van der Waals surface area contributed by atoms with Gasteiger partial charge in [-0.1, -0.05) is 84.9 Å². The van der Waals surface area contributed by atoms with E-state index in [1.54, 1.807) is 0 Å². The van der Waals surface area contributed by atoms with Gasteiger partial charge in [-0.15, -0.1) is 0 Å². The summed E-state index contributed by atoms with van der Waals surface area (Å²) in [5, 5.41) is 0. The van der Waals surface area contributed by atoms with Crippen molar-refractivity contribution in [2.24, 2.45) is 0 Å². The van der Waals surface area contributed by atoms with Crippen molar-refractivity contribution in [2.45, 2.75) is 0 Å². The SMILES string of the molecule is Nc1ccc(-c2ccc(N)c(-c3cc(-c4ccc(N)c(-c5ccccc5)c4)ccc3N)c2)cc1-c1ccccc1. The van der Waals surface area contributed by atoms with Gasteiger partial charge in [-0.2, -0.15) is 0 Å². The van der Waals surface area contributed by atoms with Crippen molar-refractivity contribution in [2.75, 3.05) is 22.9 Å². The van der Waals surface area contributed by atoms with Crippen molar-refractivity contribution < 1.29 is 0 Å². The summed E-state index contributed by atoms with van der Waals surface area (Å²) in [5.41, 5.74) is 38.6. The van der Waals surface area contributed by atoms with Crippen LogP contribution in [0.1, 0.15) is 0 Å². The van der Waals surface area contributed by atoms with Crippen LogP contribution in [0.15, 0.2) is 133 Å². The van der Waals surface area contributed by atoms with Gasteiger partial charge in [-0.05, 0) is 81.9 Å². The Hall–Kier alpha value is -5.48. The predicted molar refractivity (Wildman–Crippen MR) is 171 cm³/mol. The first-order valence-electron chi connectivity index (χ1n) is 13.2. The van der Waals surface area contributed by atoms with E-state index in [9.17, 15) is 0 Å². The standard InChI is InChI=1S/C36H30N4/c37-33-15-11-25(19-29(33)23-7-3-1-4-8-23)27-13-17-35(39)31(21-27)32-22-28(14-18-36(32)40)26-12-16-34(38)30(20-26)24-9-5-2-6-10-24/h1-22H,37-40H2. The van der Waals surface area contributed by atoms with Crippen molar-refractivity contribution in [3.8, 4) is 55.6 Å². The van der Waals surface area contributed by atoms with Gasteiger partial charge in [0.2, 0.25) is 0 Å². The monoisotopic (exact) mass is 518 g/mol. The largest absolute Gasteiger partial charge is 0.398 e. The molecule has 6 rings (SSSR count). The van der Waals surface area contributed by atoms with Crippen LogP contribution in [0.5, 0.6) is 0 Å². The molecule has 0 aliphatic carbocycles. The highest BCUT2D eigenvalue weighted by Crippen LogP contribution is 2.39. The molecule has 0 radical (unpaired) electrons. The molecule has 40 heavy (non-hydrogen) atoms. The van der Waals surface area contributed by atoms with Crippen molar-refractivity contribution in [3.63, 3.8) is 0 Å². The van der Waals surface area contributed by atoms with E-state index in [-0.39, 0.29) is 0 Å². The van der Waals surface area contributed by atoms with Crippen LogP contribution < -0.4 is 22.9 Å². The summed E-state index contributed by atoms with van der Waals surface area (Å²) in [6, 6.07) is 44.7. The molecule has 0 fully saturated rings. The Morgan fingerprint density at radius 1 is 0.250 bits per heavy atom. The van der Waals surface area contributed by atoms with Gasteiger partial charge in [0, 0.05) is 45.0 Å². The highest BCUT2D eigenvalue weighted by molar-refractivity contribution is 5.92. The van der Waals surface area contributed by atoms with Crippen LogP contribution in [0, 0.1) is 0 Å². The molecule has 0 aliphatic heterocycles. The molecule has 0 aromatic heterocycles. The average Bonchev–Trinajstić information content (AvgIpc) is 2.99. The van der Waals surface area contributed by atoms with Crippen molar-refractivity contribution in [1.29, 1.82) is 0 Å². The fourth-order valence-corrected chi connectivity index (χ4v) is 5.15. The van der Waals surface area contributed by atoms with Gasteiger partial charge in [-0.25, -0.2) is 0 Å². The van der Waals surface area contributed by atoms with Crippen molar-refractivity contribution >= 4 is 22.7 Å². The fraction of sp³-hybridized carbons (Fsp3) is 0. The third-order valence-corrected chi connectivity index (χ3v) is 7.34.